The fourth-order valence-corrected chi connectivity index (χ4v) is 1.78. The Bertz CT molecular complexity index is 396. The highest BCUT2D eigenvalue weighted by atomic mass is 14.0. The van der Waals surface area contributed by atoms with Crippen LogP contribution in [0.3, 0.4) is 0 Å². The molecule has 0 heterocycles. The van der Waals surface area contributed by atoms with Gasteiger partial charge < -0.3 is 0 Å². The van der Waals surface area contributed by atoms with Crippen LogP contribution in [0.2, 0.25) is 0 Å². The highest BCUT2D eigenvalue weighted by molar-refractivity contribution is 5.85. The fourth-order valence-electron chi connectivity index (χ4n) is 1.78. The highest BCUT2D eigenvalue weighted by Crippen LogP contribution is 2.19. The van der Waals surface area contributed by atoms with Crippen molar-refractivity contribution >= 4 is 10.8 Å². The normalized spacial score (nSPS) is 10.5. The molecule has 66 valence electrons. The molecule has 0 atom stereocenters. The largest absolute Gasteiger partial charge is 0.0651 e. The summed E-state index contributed by atoms with van der Waals surface area (Å²) in [5.74, 6) is 0. The van der Waals surface area contributed by atoms with Crippen LogP contribution in [0.15, 0.2) is 42.5 Å². The first-order valence-electron chi connectivity index (χ1n) is 4.88. The quantitative estimate of drug-likeness (QED) is 0.643. The van der Waals surface area contributed by atoms with E-state index >= 15 is 0 Å². The van der Waals surface area contributed by atoms with Crippen LogP contribution >= 0.6 is 0 Å². The summed E-state index contributed by atoms with van der Waals surface area (Å²) in [6.07, 6.45) is 2.40. The topological polar surface area (TPSA) is 0 Å². The van der Waals surface area contributed by atoms with Gasteiger partial charge in [-0.3, -0.25) is 0 Å². The van der Waals surface area contributed by atoms with Crippen molar-refractivity contribution in [2.75, 3.05) is 0 Å². The Morgan fingerprint density at radius 2 is 1.69 bits per heavy atom. The lowest BCUT2D eigenvalue weighted by atomic mass is 10.0. The molecule has 0 aliphatic heterocycles. The van der Waals surface area contributed by atoms with E-state index in [1.54, 1.807) is 0 Å². The maximum atomic E-state index is 2.23. The van der Waals surface area contributed by atoms with Crippen LogP contribution in [0.25, 0.3) is 10.8 Å². The van der Waals surface area contributed by atoms with Crippen LogP contribution in [0.4, 0.5) is 0 Å². The smallest absolute Gasteiger partial charge is 0.0152 e. The number of aryl methyl sites for hydroxylation is 1. The van der Waals surface area contributed by atoms with Crippen LogP contribution < -0.4 is 0 Å². The van der Waals surface area contributed by atoms with Crippen molar-refractivity contribution in [3.63, 3.8) is 0 Å². The third kappa shape index (κ3) is 1.57. The minimum Gasteiger partial charge on any atom is -0.0651 e. The Morgan fingerprint density at radius 3 is 2.54 bits per heavy atom. The molecule has 0 unspecified atom stereocenters. The standard InChI is InChI=1S/C13H14/c1-2-6-11-8-5-9-12-7-3-4-10-13(11)12/h3-5,7-10H,2,6H2,1H3. The molecule has 0 radical (unpaired) electrons. The summed E-state index contributed by atoms with van der Waals surface area (Å²) < 4.78 is 0. The molecule has 2 rings (SSSR count). The zero-order chi connectivity index (χ0) is 9.10. The van der Waals surface area contributed by atoms with E-state index in [9.17, 15) is 0 Å². The molecule has 0 heteroatoms. The summed E-state index contributed by atoms with van der Waals surface area (Å²) in [7, 11) is 0. The Hall–Kier alpha value is -1.30. The van der Waals surface area contributed by atoms with E-state index in [1.165, 1.54) is 29.2 Å². The summed E-state index contributed by atoms with van der Waals surface area (Å²) in [4.78, 5) is 0. The molecule has 2 aromatic carbocycles. The lowest BCUT2D eigenvalue weighted by Gasteiger charge is -2.03. The van der Waals surface area contributed by atoms with Gasteiger partial charge in [0.1, 0.15) is 0 Å². The Morgan fingerprint density at radius 1 is 0.923 bits per heavy atom. The average Bonchev–Trinajstić information content (AvgIpc) is 2.19. The molecule has 0 aliphatic carbocycles. The molecule has 13 heavy (non-hydrogen) atoms. The van der Waals surface area contributed by atoms with Crippen LogP contribution in [-0.4, -0.2) is 0 Å². The first-order chi connectivity index (χ1) is 6.42. The van der Waals surface area contributed by atoms with Gasteiger partial charge in [0.05, 0.1) is 0 Å². The summed E-state index contributed by atoms with van der Waals surface area (Å²) >= 11 is 0. The van der Waals surface area contributed by atoms with E-state index in [-0.39, 0.29) is 0 Å². The van der Waals surface area contributed by atoms with Crippen molar-refractivity contribution in [1.29, 1.82) is 0 Å². The van der Waals surface area contributed by atoms with Crippen molar-refractivity contribution in [3.05, 3.63) is 48.0 Å². The van der Waals surface area contributed by atoms with E-state index in [2.05, 4.69) is 49.4 Å². The Balaban J connectivity index is 2.61. The van der Waals surface area contributed by atoms with Gasteiger partial charge in [-0.2, -0.15) is 0 Å². The fraction of sp³-hybridized carbons (Fsp3) is 0.231. The van der Waals surface area contributed by atoms with Crippen LogP contribution in [0.5, 0.6) is 0 Å². The number of fused-ring (bicyclic) bond motifs is 1. The average molecular weight is 170 g/mol. The molecular formula is C13H14. The van der Waals surface area contributed by atoms with Crippen molar-refractivity contribution in [1.82, 2.24) is 0 Å². The molecule has 0 fully saturated rings. The monoisotopic (exact) mass is 170 g/mol. The van der Waals surface area contributed by atoms with Crippen LogP contribution in [-0.2, 0) is 6.42 Å². The van der Waals surface area contributed by atoms with Gasteiger partial charge in [0, 0.05) is 0 Å². The number of rotatable bonds is 2. The maximum absolute atomic E-state index is 2.23. The summed E-state index contributed by atoms with van der Waals surface area (Å²) in [5, 5.41) is 2.76. The lowest BCUT2D eigenvalue weighted by Crippen LogP contribution is -1.84. The van der Waals surface area contributed by atoms with Crippen LogP contribution in [0, 0.1) is 0 Å². The van der Waals surface area contributed by atoms with E-state index in [4.69, 9.17) is 0 Å². The molecule has 0 bridgehead atoms. The highest BCUT2D eigenvalue weighted by Gasteiger charge is 1.97. The number of hydrogen-bond acceptors (Lipinski definition) is 0. The van der Waals surface area contributed by atoms with Gasteiger partial charge in [0.15, 0.2) is 0 Å². The molecule has 0 N–H and O–H groups in total. The SMILES string of the molecule is CCCc1cccc2ccccc12. The summed E-state index contributed by atoms with van der Waals surface area (Å²) in [5.41, 5.74) is 1.47. The van der Waals surface area contributed by atoms with Gasteiger partial charge in [0.2, 0.25) is 0 Å². The summed E-state index contributed by atoms with van der Waals surface area (Å²) in [6, 6.07) is 15.1. The van der Waals surface area contributed by atoms with E-state index in [0.29, 0.717) is 0 Å². The first-order valence-corrected chi connectivity index (χ1v) is 4.88. The summed E-state index contributed by atoms with van der Waals surface area (Å²) in [6.45, 7) is 2.22. The first kappa shape index (κ1) is 8.31. The van der Waals surface area contributed by atoms with Gasteiger partial charge in [0.25, 0.3) is 0 Å². The molecule has 0 saturated carbocycles. The molecule has 0 spiro atoms. The second kappa shape index (κ2) is 3.61. The molecule has 0 nitrogen and oxygen atoms in total. The van der Waals surface area contributed by atoms with Gasteiger partial charge in [-0.1, -0.05) is 55.8 Å². The second-order valence-electron chi connectivity index (χ2n) is 3.39. The minimum atomic E-state index is 1.18. The zero-order valence-corrected chi connectivity index (χ0v) is 7.96. The van der Waals surface area contributed by atoms with E-state index in [0.717, 1.165) is 0 Å². The van der Waals surface area contributed by atoms with E-state index < -0.39 is 0 Å². The number of benzene rings is 2. The van der Waals surface area contributed by atoms with Crippen molar-refractivity contribution in [3.8, 4) is 0 Å². The van der Waals surface area contributed by atoms with Gasteiger partial charge in [-0.05, 0) is 22.8 Å². The maximum Gasteiger partial charge on any atom is -0.0152 e. The Kier molecular flexibility index (Phi) is 2.31. The molecule has 0 aromatic heterocycles. The van der Waals surface area contributed by atoms with Crippen LogP contribution in [0.1, 0.15) is 18.9 Å². The third-order valence-corrected chi connectivity index (χ3v) is 2.40. The molecule has 0 amide bonds. The van der Waals surface area contributed by atoms with Crippen molar-refractivity contribution in [2.45, 2.75) is 19.8 Å². The zero-order valence-electron chi connectivity index (χ0n) is 7.96. The lowest BCUT2D eigenvalue weighted by molar-refractivity contribution is 0.930. The minimum absolute atomic E-state index is 1.18. The van der Waals surface area contributed by atoms with Crippen molar-refractivity contribution < 1.29 is 0 Å². The molecule has 2 aromatic rings. The third-order valence-electron chi connectivity index (χ3n) is 2.40. The number of hydrogen-bond donors (Lipinski definition) is 0. The van der Waals surface area contributed by atoms with Gasteiger partial charge >= 0.3 is 0 Å². The van der Waals surface area contributed by atoms with Crippen molar-refractivity contribution in [2.24, 2.45) is 0 Å². The Labute approximate surface area is 79.2 Å². The molecular weight excluding hydrogens is 156 g/mol. The molecule has 0 aliphatic rings. The predicted molar refractivity (Wildman–Crippen MR) is 57.9 cm³/mol. The second-order valence-corrected chi connectivity index (χ2v) is 3.39. The predicted octanol–water partition coefficient (Wildman–Crippen LogP) is 3.79. The molecule has 0 saturated heterocycles. The van der Waals surface area contributed by atoms with Gasteiger partial charge in [-0.25, -0.2) is 0 Å². The van der Waals surface area contributed by atoms with Gasteiger partial charge in [-0.15, -0.1) is 0 Å². The van der Waals surface area contributed by atoms with E-state index in [1.807, 2.05) is 0 Å².